The first-order valence-corrected chi connectivity index (χ1v) is 5.71. The molecular formula is C10H14O4S2. The SMILES string of the molecule is C=CC(OC(=O)CS)C(C=C)OC(=O)CS. The third-order valence-electron chi connectivity index (χ3n) is 1.58. The van der Waals surface area contributed by atoms with Gasteiger partial charge in [0, 0.05) is 0 Å². The molecule has 2 atom stereocenters. The lowest BCUT2D eigenvalue weighted by Gasteiger charge is -2.21. The number of hydrogen-bond donors (Lipinski definition) is 2. The summed E-state index contributed by atoms with van der Waals surface area (Å²) in [5.74, 6) is -1.17. The van der Waals surface area contributed by atoms with E-state index in [0.717, 1.165) is 0 Å². The molecule has 0 aliphatic heterocycles. The molecule has 0 rings (SSSR count). The van der Waals surface area contributed by atoms with E-state index in [-0.39, 0.29) is 11.5 Å². The molecule has 6 heteroatoms. The molecule has 0 spiro atoms. The van der Waals surface area contributed by atoms with Crippen LogP contribution in [0.2, 0.25) is 0 Å². The van der Waals surface area contributed by atoms with Crippen LogP contribution in [0.4, 0.5) is 0 Å². The number of hydrogen-bond acceptors (Lipinski definition) is 6. The number of carbonyl (C=O) groups is 2. The summed E-state index contributed by atoms with van der Waals surface area (Å²) in [6.45, 7) is 6.98. The molecule has 0 fully saturated rings. The topological polar surface area (TPSA) is 52.6 Å². The first-order chi connectivity index (χ1) is 7.58. The van der Waals surface area contributed by atoms with Crippen LogP contribution in [0.25, 0.3) is 0 Å². The molecule has 0 heterocycles. The molecule has 4 nitrogen and oxygen atoms in total. The van der Waals surface area contributed by atoms with Crippen molar-refractivity contribution in [2.45, 2.75) is 12.2 Å². The summed E-state index contributed by atoms with van der Waals surface area (Å²) in [5.41, 5.74) is 0. The molecule has 16 heavy (non-hydrogen) atoms. The minimum absolute atomic E-state index is 0.0608. The van der Waals surface area contributed by atoms with Gasteiger partial charge in [0.15, 0.2) is 12.2 Å². The van der Waals surface area contributed by atoms with Crippen LogP contribution in [0, 0.1) is 0 Å². The summed E-state index contributed by atoms with van der Waals surface area (Å²) in [5, 5.41) is 0. The number of rotatable bonds is 7. The molecule has 0 aromatic rings. The van der Waals surface area contributed by atoms with Gasteiger partial charge in [0.2, 0.25) is 0 Å². The van der Waals surface area contributed by atoms with Crippen LogP contribution in [0.15, 0.2) is 25.3 Å². The van der Waals surface area contributed by atoms with E-state index >= 15 is 0 Å². The quantitative estimate of drug-likeness (QED) is 0.409. The minimum atomic E-state index is -0.763. The fourth-order valence-electron chi connectivity index (χ4n) is 0.877. The van der Waals surface area contributed by atoms with Crippen molar-refractivity contribution in [3.8, 4) is 0 Å². The summed E-state index contributed by atoms with van der Waals surface area (Å²) in [6.07, 6.45) is 1.20. The standard InChI is InChI=1S/C10H14O4S2/c1-3-7(13-9(11)5-15)8(4-2)14-10(12)6-16/h3-4,7-8,15-16H,1-2,5-6H2. The smallest absolute Gasteiger partial charge is 0.316 e. The maximum absolute atomic E-state index is 11.0. The van der Waals surface area contributed by atoms with Crippen LogP contribution >= 0.6 is 25.3 Å². The van der Waals surface area contributed by atoms with Gasteiger partial charge in [-0.15, -0.1) is 0 Å². The molecule has 0 aromatic carbocycles. The van der Waals surface area contributed by atoms with E-state index in [0.29, 0.717) is 0 Å². The van der Waals surface area contributed by atoms with E-state index < -0.39 is 24.1 Å². The predicted octanol–water partition coefficient (Wildman–Crippen LogP) is 1.04. The number of esters is 2. The highest BCUT2D eigenvalue weighted by Crippen LogP contribution is 2.08. The van der Waals surface area contributed by atoms with Gasteiger partial charge >= 0.3 is 11.9 Å². The lowest BCUT2D eigenvalue weighted by molar-refractivity contribution is -0.157. The fraction of sp³-hybridized carbons (Fsp3) is 0.400. The lowest BCUT2D eigenvalue weighted by Crippen LogP contribution is -2.33. The van der Waals surface area contributed by atoms with E-state index in [1.165, 1.54) is 12.2 Å². The Kier molecular flexibility index (Phi) is 7.84. The van der Waals surface area contributed by atoms with Crippen molar-refractivity contribution in [2.75, 3.05) is 11.5 Å². The lowest BCUT2D eigenvalue weighted by atomic mass is 10.2. The summed E-state index contributed by atoms with van der Waals surface area (Å²) in [4.78, 5) is 22.0. The van der Waals surface area contributed by atoms with Gasteiger partial charge in [0.1, 0.15) is 0 Å². The van der Waals surface area contributed by atoms with E-state index in [4.69, 9.17) is 9.47 Å². The van der Waals surface area contributed by atoms with Gasteiger partial charge in [-0.2, -0.15) is 25.3 Å². The van der Waals surface area contributed by atoms with Gasteiger partial charge in [0.25, 0.3) is 0 Å². The average molecular weight is 262 g/mol. The average Bonchev–Trinajstić information content (AvgIpc) is 2.32. The Bertz CT molecular complexity index is 250. The van der Waals surface area contributed by atoms with Gasteiger partial charge in [0.05, 0.1) is 11.5 Å². The van der Waals surface area contributed by atoms with Gasteiger partial charge in [-0.3, -0.25) is 9.59 Å². The molecule has 0 aliphatic carbocycles. The highest BCUT2D eigenvalue weighted by molar-refractivity contribution is 7.81. The van der Waals surface area contributed by atoms with Crippen molar-refractivity contribution >= 4 is 37.2 Å². The maximum atomic E-state index is 11.0. The van der Waals surface area contributed by atoms with Crippen molar-refractivity contribution in [1.29, 1.82) is 0 Å². The predicted molar refractivity (Wildman–Crippen MR) is 67.9 cm³/mol. The van der Waals surface area contributed by atoms with Crippen molar-refractivity contribution < 1.29 is 19.1 Å². The third kappa shape index (κ3) is 5.27. The second-order valence-electron chi connectivity index (χ2n) is 2.70. The molecule has 0 radical (unpaired) electrons. The summed E-state index contributed by atoms with van der Waals surface area (Å²) < 4.78 is 9.88. The van der Waals surface area contributed by atoms with Crippen LogP contribution in [0.3, 0.4) is 0 Å². The Morgan fingerprint density at radius 1 is 1.00 bits per heavy atom. The number of carbonyl (C=O) groups excluding carboxylic acids is 2. The van der Waals surface area contributed by atoms with E-state index in [1.54, 1.807) is 0 Å². The number of thiol groups is 2. The molecule has 0 amide bonds. The van der Waals surface area contributed by atoms with E-state index in [2.05, 4.69) is 38.4 Å². The minimum Gasteiger partial charge on any atom is -0.453 e. The fourth-order valence-corrected chi connectivity index (χ4v) is 1.03. The maximum Gasteiger partial charge on any atom is 0.316 e. The first kappa shape index (κ1) is 15.1. The second-order valence-corrected chi connectivity index (χ2v) is 3.33. The molecule has 0 saturated carbocycles. The van der Waals surface area contributed by atoms with Crippen molar-refractivity contribution in [3.63, 3.8) is 0 Å². The van der Waals surface area contributed by atoms with E-state index in [1.807, 2.05) is 0 Å². The van der Waals surface area contributed by atoms with Gasteiger partial charge in [-0.25, -0.2) is 0 Å². The summed E-state index contributed by atoms with van der Waals surface area (Å²) in [7, 11) is 0. The second kappa shape index (κ2) is 8.29. The highest BCUT2D eigenvalue weighted by Gasteiger charge is 2.22. The van der Waals surface area contributed by atoms with Crippen LogP contribution in [0.5, 0.6) is 0 Å². The van der Waals surface area contributed by atoms with Crippen LogP contribution in [0.1, 0.15) is 0 Å². The number of ether oxygens (including phenoxy) is 2. The van der Waals surface area contributed by atoms with Crippen LogP contribution in [-0.2, 0) is 19.1 Å². The van der Waals surface area contributed by atoms with Crippen molar-refractivity contribution in [2.24, 2.45) is 0 Å². The van der Waals surface area contributed by atoms with Crippen molar-refractivity contribution in [1.82, 2.24) is 0 Å². The largest absolute Gasteiger partial charge is 0.453 e. The molecule has 0 N–H and O–H groups in total. The highest BCUT2D eigenvalue weighted by atomic mass is 32.1. The molecule has 0 saturated heterocycles. The zero-order valence-corrected chi connectivity index (χ0v) is 10.5. The zero-order valence-electron chi connectivity index (χ0n) is 8.67. The monoisotopic (exact) mass is 262 g/mol. The zero-order chi connectivity index (χ0) is 12.6. The van der Waals surface area contributed by atoms with E-state index in [9.17, 15) is 9.59 Å². The molecule has 0 aliphatic rings. The Hall–Kier alpha value is -0.880. The summed E-state index contributed by atoms with van der Waals surface area (Å²) >= 11 is 7.52. The van der Waals surface area contributed by atoms with Gasteiger partial charge in [-0.05, 0) is 12.2 Å². The Morgan fingerprint density at radius 3 is 1.50 bits per heavy atom. The van der Waals surface area contributed by atoms with Gasteiger partial charge < -0.3 is 9.47 Å². The molecule has 2 unspecified atom stereocenters. The van der Waals surface area contributed by atoms with Crippen LogP contribution < -0.4 is 0 Å². The molecule has 90 valence electrons. The molecular weight excluding hydrogens is 248 g/mol. The molecule has 0 aromatic heterocycles. The Morgan fingerprint density at radius 2 is 1.31 bits per heavy atom. The first-order valence-electron chi connectivity index (χ1n) is 4.44. The Labute approximate surface area is 106 Å². The molecule has 0 bridgehead atoms. The summed E-state index contributed by atoms with van der Waals surface area (Å²) in [6, 6.07) is 0. The van der Waals surface area contributed by atoms with Gasteiger partial charge in [-0.1, -0.05) is 13.2 Å². The third-order valence-corrected chi connectivity index (χ3v) is 2.10. The normalized spacial score (nSPS) is 13.4. The Balaban J connectivity index is 4.49. The van der Waals surface area contributed by atoms with Crippen LogP contribution in [-0.4, -0.2) is 35.7 Å². The van der Waals surface area contributed by atoms with Crippen molar-refractivity contribution in [3.05, 3.63) is 25.3 Å².